The molecule has 1 fully saturated rings. The highest BCUT2D eigenvalue weighted by molar-refractivity contribution is 5.97. The van der Waals surface area contributed by atoms with E-state index in [-0.39, 0.29) is 18.6 Å². The number of phenols is 1. The summed E-state index contributed by atoms with van der Waals surface area (Å²) < 4.78 is 5.41. The fourth-order valence-electron chi connectivity index (χ4n) is 5.22. The van der Waals surface area contributed by atoms with Gasteiger partial charge >= 0.3 is 0 Å². The first-order valence-electron chi connectivity index (χ1n) is 15.5. The van der Waals surface area contributed by atoms with Crippen molar-refractivity contribution in [2.45, 2.75) is 50.5 Å². The number of benzene rings is 4. The predicted octanol–water partition coefficient (Wildman–Crippen LogP) is 2.73. The van der Waals surface area contributed by atoms with Gasteiger partial charge in [0.15, 0.2) is 12.2 Å². The monoisotopic (exact) mass is 634 g/mol. The van der Waals surface area contributed by atoms with E-state index < -0.39 is 47.9 Å². The maximum absolute atomic E-state index is 13.5. The lowest BCUT2D eigenvalue weighted by Gasteiger charge is -2.22. The third-order valence-electron chi connectivity index (χ3n) is 8.01. The van der Waals surface area contributed by atoms with E-state index in [4.69, 9.17) is 10.5 Å². The number of nitrogens with one attached hydrogen (secondary N) is 3. The molecule has 0 bridgehead atoms. The number of hydrogen-bond acceptors (Lipinski definition) is 6. The molecule has 0 radical (unpaired) electrons. The Morgan fingerprint density at radius 3 is 1.89 bits per heavy atom. The van der Waals surface area contributed by atoms with Gasteiger partial charge in [0, 0.05) is 19.4 Å². The molecule has 0 saturated carbocycles. The molecule has 1 aliphatic heterocycles. The van der Waals surface area contributed by atoms with Crippen molar-refractivity contribution in [2.75, 3.05) is 6.54 Å². The largest absolute Gasteiger partial charge is 0.508 e. The molecule has 1 heterocycles. The second-order valence-corrected chi connectivity index (χ2v) is 11.7. The molecular weight excluding hydrogens is 596 g/mol. The predicted molar refractivity (Wildman–Crippen MR) is 177 cm³/mol. The zero-order valence-corrected chi connectivity index (χ0v) is 26.0. The molecule has 0 unspecified atom stereocenters. The summed E-state index contributed by atoms with van der Waals surface area (Å²) in [5.41, 5.74) is 11.4. The second-order valence-electron chi connectivity index (χ2n) is 11.7. The molecule has 0 aliphatic carbocycles. The maximum atomic E-state index is 13.5. The summed E-state index contributed by atoms with van der Waals surface area (Å²) in [7, 11) is 0. The Morgan fingerprint density at radius 2 is 1.26 bits per heavy atom. The first-order valence-corrected chi connectivity index (χ1v) is 15.5. The minimum Gasteiger partial charge on any atom is -0.508 e. The van der Waals surface area contributed by atoms with E-state index in [9.17, 15) is 24.3 Å². The molecule has 5 rings (SSSR count). The van der Waals surface area contributed by atoms with Gasteiger partial charge in [-0.2, -0.15) is 0 Å². The van der Waals surface area contributed by atoms with Crippen LogP contribution in [0.2, 0.25) is 0 Å². The molecule has 10 heteroatoms. The van der Waals surface area contributed by atoms with Crippen LogP contribution in [0.4, 0.5) is 0 Å². The minimum absolute atomic E-state index is 0.0670. The molecule has 4 atom stereocenters. The van der Waals surface area contributed by atoms with Crippen LogP contribution < -0.4 is 21.7 Å². The van der Waals surface area contributed by atoms with Gasteiger partial charge in [-0.1, -0.05) is 96.6 Å². The van der Waals surface area contributed by atoms with E-state index >= 15 is 0 Å². The van der Waals surface area contributed by atoms with Gasteiger partial charge in [-0.05, 0) is 53.3 Å². The smallest absolute Gasteiger partial charge is 0.253 e. The average molecular weight is 635 g/mol. The Bertz CT molecular complexity index is 1690. The van der Waals surface area contributed by atoms with E-state index in [2.05, 4.69) is 16.0 Å². The quantitative estimate of drug-likeness (QED) is 0.134. The van der Waals surface area contributed by atoms with Crippen LogP contribution in [-0.2, 0) is 43.2 Å². The number of primary amides is 1. The third kappa shape index (κ3) is 9.27. The van der Waals surface area contributed by atoms with E-state index in [1.165, 1.54) is 12.1 Å². The van der Waals surface area contributed by atoms with Crippen LogP contribution in [0.25, 0.3) is 11.1 Å². The first-order chi connectivity index (χ1) is 22.7. The molecule has 10 nitrogen and oxygen atoms in total. The molecule has 1 saturated heterocycles. The molecule has 1 aliphatic rings. The van der Waals surface area contributed by atoms with Crippen LogP contribution in [0.15, 0.2) is 103 Å². The van der Waals surface area contributed by atoms with Gasteiger partial charge in [-0.15, -0.1) is 0 Å². The number of carbonyl (C=O) groups excluding carboxylic acids is 4. The van der Waals surface area contributed by atoms with Crippen molar-refractivity contribution in [1.82, 2.24) is 16.0 Å². The third-order valence-corrected chi connectivity index (χ3v) is 8.01. The Balaban J connectivity index is 1.15. The second kappa shape index (κ2) is 15.2. The normalized spacial score (nSPS) is 16.4. The highest BCUT2D eigenvalue weighted by Crippen LogP contribution is 2.23. The summed E-state index contributed by atoms with van der Waals surface area (Å²) in [6, 6.07) is 29.7. The van der Waals surface area contributed by atoms with Crippen LogP contribution in [0.1, 0.15) is 22.3 Å². The number of phenolic OH excluding ortho intramolecular Hbond substituents is 1. The Labute approximate surface area is 273 Å². The Morgan fingerprint density at radius 1 is 0.702 bits per heavy atom. The molecule has 47 heavy (non-hydrogen) atoms. The van der Waals surface area contributed by atoms with E-state index in [0.717, 1.165) is 27.8 Å². The van der Waals surface area contributed by atoms with Gasteiger partial charge < -0.3 is 31.5 Å². The van der Waals surface area contributed by atoms with Crippen molar-refractivity contribution in [3.05, 3.63) is 125 Å². The lowest BCUT2D eigenvalue weighted by molar-refractivity contribution is -0.131. The number of epoxide rings is 1. The molecule has 242 valence electrons. The van der Waals surface area contributed by atoms with Crippen LogP contribution >= 0.6 is 0 Å². The van der Waals surface area contributed by atoms with Crippen molar-refractivity contribution in [1.29, 1.82) is 0 Å². The first kappa shape index (κ1) is 32.9. The van der Waals surface area contributed by atoms with Gasteiger partial charge in [0.25, 0.3) is 11.8 Å². The molecule has 6 N–H and O–H groups in total. The highest BCUT2D eigenvalue weighted by Gasteiger charge is 2.51. The number of aryl methyl sites for hydroxylation is 1. The Hall–Kier alpha value is -5.48. The molecule has 4 amide bonds. The summed E-state index contributed by atoms with van der Waals surface area (Å²) in [6.07, 6.45) is -1.18. The molecule has 4 aromatic rings. The van der Waals surface area contributed by atoms with E-state index in [1.807, 2.05) is 85.8 Å². The van der Waals surface area contributed by atoms with Gasteiger partial charge in [0.1, 0.15) is 17.8 Å². The average Bonchev–Trinajstić information content (AvgIpc) is 3.88. The number of carbonyl (C=O) groups is 4. The summed E-state index contributed by atoms with van der Waals surface area (Å²) in [5, 5.41) is 17.7. The Kier molecular flexibility index (Phi) is 10.6. The van der Waals surface area contributed by atoms with Crippen molar-refractivity contribution < 1.29 is 29.0 Å². The number of amides is 4. The summed E-state index contributed by atoms with van der Waals surface area (Å²) in [6.45, 7) is 2.31. The lowest BCUT2D eigenvalue weighted by Crippen LogP contribution is -2.55. The van der Waals surface area contributed by atoms with Crippen LogP contribution in [0.5, 0.6) is 5.75 Å². The zero-order chi connectivity index (χ0) is 33.3. The van der Waals surface area contributed by atoms with Gasteiger partial charge in [0.2, 0.25) is 11.8 Å². The molecule has 0 aromatic heterocycles. The highest BCUT2D eigenvalue weighted by atomic mass is 16.6. The van der Waals surface area contributed by atoms with E-state index in [1.54, 1.807) is 12.1 Å². The van der Waals surface area contributed by atoms with Crippen molar-refractivity contribution in [3.63, 3.8) is 0 Å². The maximum Gasteiger partial charge on any atom is 0.253 e. The number of aromatic hydroxyl groups is 1. The minimum atomic E-state index is -1.07. The fourth-order valence-corrected chi connectivity index (χ4v) is 5.22. The number of nitrogens with two attached hydrogens (primary N) is 1. The summed E-state index contributed by atoms with van der Waals surface area (Å²) in [5.74, 6) is -2.31. The van der Waals surface area contributed by atoms with Crippen LogP contribution in [0.3, 0.4) is 0 Å². The zero-order valence-electron chi connectivity index (χ0n) is 26.0. The summed E-state index contributed by atoms with van der Waals surface area (Å²) in [4.78, 5) is 51.6. The topological polar surface area (TPSA) is 163 Å². The van der Waals surface area contributed by atoms with Gasteiger partial charge in [-0.3, -0.25) is 19.2 Å². The number of ether oxygens (including phenoxy) is 1. The fraction of sp³-hybridized carbons (Fsp3) is 0.243. The molecule has 0 spiro atoms. The molecule has 4 aromatic carbocycles. The van der Waals surface area contributed by atoms with Crippen molar-refractivity contribution in [3.8, 4) is 16.9 Å². The van der Waals surface area contributed by atoms with Gasteiger partial charge in [0.05, 0.1) is 0 Å². The van der Waals surface area contributed by atoms with E-state index in [0.29, 0.717) is 18.5 Å². The van der Waals surface area contributed by atoms with Crippen molar-refractivity contribution >= 4 is 23.6 Å². The SMILES string of the molecule is Cc1ccc(C[C@H](NC(=O)[C@H]2O[C@@H]2C(=O)NCCc2ccc(-c3ccccc3)cc2)C(=O)N[C@@H](Cc2ccc(O)cc2)C(N)=O)cc1. The number of rotatable bonds is 14. The van der Waals surface area contributed by atoms with Crippen LogP contribution in [0, 0.1) is 6.92 Å². The van der Waals surface area contributed by atoms with Gasteiger partial charge in [-0.25, -0.2) is 0 Å². The standard InChI is InChI=1S/C37H38N4O6/c1-23-7-9-25(10-8-23)22-31(35(44)40-30(34(38)43)21-26-13-17-29(42)18-14-26)41-37(46)33-32(47-33)36(45)39-20-19-24-11-15-28(16-12-24)27-5-3-2-4-6-27/h2-18,30-33,42H,19-22H2,1H3,(H2,38,43)(H,39,45)(H,40,44)(H,41,46)/t30-,31-,32-,33-/m0/s1. The lowest BCUT2D eigenvalue weighted by atomic mass is 10.0. The van der Waals surface area contributed by atoms with Crippen LogP contribution in [-0.4, -0.2) is 59.6 Å². The number of hydrogen-bond donors (Lipinski definition) is 5. The van der Waals surface area contributed by atoms with Crippen molar-refractivity contribution in [2.24, 2.45) is 5.73 Å². The summed E-state index contributed by atoms with van der Waals surface area (Å²) >= 11 is 0. The molecular formula is C37H38N4O6.